The molecule has 0 saturated carbocycles. The summed E-state index contributed by atoms with van der Waals surface area (Å²) >= 11 is 14.3. The summed E-state index contributed by atoms with van der Waals surface area (Å²) in [5.74, 6) is -2.18. The Kier molecular flexibility index (Phi) is 24.1. The lowest BCUT2D eigenvalue weighted by Crippen LogP contribution is -2.62. The smallest absolute Gasteiger partial charge is 0.326 e. The standard InChI is InChI=1S/C37H39F2N7O3.C34H35ClN8O2.C34H34ClN7O3/c1-9-26(47)44-15-21-12-23-32(45(21)14-20(44)7)22-13-24(38)28(27-19(6)10-11-25-34(27)43(8)37(49)42-25)29(39)33(22)46(36(23)48)35-30(17(2)3)40-16-41-31(35)18(4)5;1-7-25(44)41-15-21-13-37-30-32(42(21)14-20(41)6)22-12-23(35)28(26-18(4)8-9-24-29(26)39-16-38-24)40-33(22)43(34(30)45)31-19(5)10-11-36-27(31)17(2)3;1-7-25(43)40-14-21-15-45-32-31(41(21)13-20(40)6)22-12-23(35)28(26-18(4)8-9-24-29(26)38-16-37-24)39-33(22)42(34(32)44)30-19(5)10-11-36-27(30)17(2)3/h9-11,13,16-18,20-21H,1,12,14-15H2,2-8H3,(H,42,49);7-12,16-17,20-21,37H,1,13-15H2,2-6H3,(H,38,39);7-12,16-17,20-21H,1,13-15H2,2-6H3,(H,37,38). The van der Waals surface area contributed by atoms with Crippen LogP contribution in [-0.4, -0.2) is 194 Å². The number of nitrogens with zero attached hydrogens (tertiary/aromatic N) is 18. The van der Waals surface area contributed by atoms with Crippen molar-refractivity contribution in [2.45, 2.75) is 177 Å². The Bertz CT molecular complexity index is 7700. The van der Waals surface area contributed by atoms with Crippen molar-refractivity contribution in [1.82, 2.24) is 87.8 Å². The molecule has 4 aromatic carbocycles. The van der Waals surface area contributed by atoms with Crippen molar-refractivity contribution >= 4 is 130 Å². The van der Waals surface area contributed by atoms with Gasteiger partial charge in [-0.1, -0.05) is 117 Å². The summed E-state index contributed by atoms with van der Waals surface area (Å²) in [6, 6.07) is 19.4. The van der Waals surface area contributed by atoms with Gasteiger partial charge in [-0.25, -0.2) is 43.5 Å². The first-order chi connectivity index (χ1) is 66.5. The van der Waals surface area contributed by atoms with Crippen molar-refractivity contribution in [2.75, 3.05) is 72.4 Å². The number of aryl methyl sites for hydroxylation is 6. The van der Waals surface area contributed by atoms with Crippen molar-refractivity contribution in [3.05, 3.63) is 255 Å². The lowest BCUT2D eigenvalue weighted by Gasteiger charge is -2.49. The molecule has 139 heavy (non-hydrogen) atoms. The van der Waals surface area contributed by atoms with Gasteiger partial charge in [0.05, 0.1) is 153 Å². The Balaban J connectivity index is 0.000000133. The monoisotopic (exact) mass is 1910 g/mol. The highest BCUT2D eigenvalue weighted by Crippen LogP contribution is 2.50. The van der Waals surface area contributed by atoms with E-state index in [1.54, 1.807) is 70.1 Å². The van der Waals surface area contributed by atoms with E-state index < -0.39 is 22.9 Å². The number of amides is 3. The number of H-pyrrole nitrogens is 3. The molecule has 34 heteroatoms. The third-order valence-electron chi connectivity index (χ3n) is 28.3. The van der Waals surface area contributed by atoms with Gasteiger partial charge in [-0.15, -0.1) is 0 Å². The molecule has 6 unspecified atom stereocenters. The number of benzene rings is 4. The van der Waals surface area contributed by atoms with Crippen LogP contribution in [0.25, 0.3) is 117 Å². The van der Waals surface area contributed by atoms with E-state index in [4.69, 9.17) is 47.9 Å². The van der Waals surface area contributed by atoms with Crippen molar-refractivity contribution in [2.24, 2.45) is 7.05 Å². The maximum Gasteiger partial charge on any atom is 0.326 e. The second-order valence-electron chi connectivity index (χ2n) is 38.5. The average molecular weight is 1920 g/mol. The van der Waals surface area contributed by atoms with Crippen LogP contribution in [0.2, 0.25) is 10.0 Å². The van der Waals surface area contributed by atoms with Gasteiger partial charge in [-0.05, 0) is 174 Å². The molecule has 11 aromatic heterocycles. The van der Waals surface area contributed by atoms with Crippen molar-refractivity contribution < 1.29 is 27.9 Å². The molecule has 4 N–H and O–H groups in total. The van der Waals surface area contributed by atoms with Crippen LogP contribution >= 0.6 is 23.2 Å². The van der Waals surface area contributed by atoms with Crippen LogP contribution in [0.1, 0.15) is 156 Å². The predicted molar refractivity (Wildman–Crippen MR) is 543 cm³/mol. The molecule has 6 atom stereocenters. The highest BCUT2D eigenvalue weighted by molar-refractivity contribution is 6.35. The number of ether oxygens (including phenoxy) is 1. The van der Waals surface area contributed by atoms with Crippen LogP contribution in [-0.2, 0) is 27.9 Å². The number of carbonyl (C=O) groups is 3. The minimum Gasteiger partial charge on any atom is -0.484 e. The number of aromatic nitrogens is 15. The van der Waals surface area contributed by atoms with Gasteiger partial charge in [0.15, 0.2) is 11.5 Å². The first-order valence-electron chi connectivity index (χ1n) is 46.9. The molecule has 3 amide bonds. The molecular weight excluding hydrogens is 1810 g/mol. The van der Waals surface area contributed by atoms with Gasteiger partial charge in [0.2, 0.25) is 23.5 Å². The molecule has 15 aromatic rings. The normalized spacial score (nSPS) is 17.7. The average Bonchev–Trinajstić information content (AvgIpc) is 1.66. The maximum atomic E-state index is 17.8. The quantitative estimate of drug-likeness (QED) is 0.0779. The fourth-order valence-corrected chi connectivity index (χ4v) is 22.1. The number of imidazole rings is 3. The van der Waals surface area contributed by atoms with E-state index in [0.717, 1.165) is 83.6 Å². The number of hydrogen-bond donors (Lipinski definition) is 4. The molecule has 3 fully saturated rings. The highest BCUT2D eigenvalue weighted by atomic mass is 35.5. The molecule has 21 rings (SSSR count). The van der Waals surface area contributed by atoms with E-state index in [0.29, 0.717) is 146 Å². The van der Waals surface area contributed by atoms with Crippen molar-refractivity contribution in [1.29, 1.82) is 0 Å². The number of aromatic amines is 3. The van der Waals surface area contributed by atoms with Crippen molar-refractivity contribution in [3.8, 4) is 56.5 Å². The number of carbonyl (C=O) groups excluding carboxylic acids is 3. The molecule has 30 nitrogen and oxygen atoms in total. The molecule has 6 aliphatic heterocycles. The summed E-state index contributed by atoms with van der Waals surface area (Å²) in [6.07, 6.45) is 12.6. The summed E-state index contributed by atoms with van der Waals surface area (Å²) in [7, 11) is 1.55. The minimum atomic E-state index is -0.926. The Hall–Kier alpha value is -14.5. The van der Waals surface area contributed by atoms with Gasteiger partial charge in [-0.3, -0.25) is 57.0 Å². The molecule has 0 radical (unpaired) electrons. The van der Waals surface area contributed by atoms with E-state index in [9.17, 15) is 28.8 Å². The van der Waals surface area contributed by atoms with E-state index in [1.807, 2.05) is 134 Å². The predicted octanol–water partition coefficient (Wildman–Crippen LogP) is 17.0. The van der Waals surface area contributed by atoms with E-state index in [1.165, 1.54) is 39.8 Å². The molecule has 714 valence electrons. The third kappa shape index (κ3) is 15.2. The maximum absolute atomic E-state index is 17.8. The summed E-state index contributed by atoms with van der Waals surface area (Å²) < 4.78 is 47.0. The Morgan fingerprint density at radius 2 is 0.935 bits per heavy atom. The van der Waals surface area contributed by atoms with Gasteiger partial charge in [0.1, 0.15) is 30.1 Å². The van der Waals surface area contributed by atoms with E-state index >= 15 is 13.6 Å². The molecule has 6 aliphatic rings. The summed E-state index contributed by atoms with van der Waals surface area (Å²) in [5.41, 5.74) is 17.6. The zero-order valence-corrected chi connectivity index (χ0v) is 82.1. The number of nitrogens with one attached hydrogen (secondary N) is 4. The largest absolute Gasteiger partial charge is 0.484 e. The van der Waals surface area contributed by atoms with E-state index in [-0.39, 0.29) is 130 Å². The molecule has 17 heterocycles. The zero-order chi connectivity index (χ0) is 98.7. The summed E-state index contributed by atoms with van der Waals surface area (Å²) in [6.45, 7) is 46.2. The first-order valence-corrected chi connectivity index (χ1v) is 47.7. The van der Waals surface area contributed by atoms with Crippen LogP contribution < -0.4 is 47.1 Å². The number of halogens is 4. The molecule has 3 saturated heterocycles. The Morgan fingerprint density at radius 1 is 0.482 bits per heavy atom. The second-order valence-corrected chi connectivity index (χ2v) is 39.3. The number of fused-ring (bicyclic) bond motifs is 18. The third-order valence-corrected chi connectivity index (χ3v) is 28.9. The lowest BCUT2D eigenvalue weighted by atomic mass is 9.94. The van der Waals surface area contributed by atoms with Crippen molar-refractivity contribution in [3.63, 3.8) is 0 Å². The Labute approximate surface area is 809 Å². The van der Waals surface area contributed by atoms with E-state index in [2.05, 4.69) is 97.4 Å². The van der Waals surface area contributed by atoms with Crippen LogP contribution in [0.15, 0.2) is 155 Å². The molecule has 0 spiro atoms. The molecule has 0 aliphatic carbocycles. The topological polar surface area (TPSA) is 330 Å². The van der Waals surface area contributed by atoms with Gasteiger partial charge in [0, 0.05) is 128 Å². The number of piperazine rings is 3. The lowest BCUT2D eigenvalue weighted by molar-refractivity contribution is -0.129. The van der Waals surface area contributed by atoms with Crippen LogP contribution in [0.5, 0.6) is 5.75 Å². The fourth-order valence-electron chi connectivity index (χ4n) is 21.6. The van der Waals surface area contributed by atoms with Gasteiger partial charge >= 0.3 is 11.2 Å². The number of rotatable bonds is 13. The van der Waals surface area contributed by atoms with Crippen LogP contribution in [0.4, 0.5) is 31.5 Å². The minimum absolute atomic E-state index is 0.0336. The SMILES string of the molecule is C=CC(=O)N1CC2CNc3c(c4cc(Cl)c(-c5c(C)ccc6[nH]cnc56)nc4n(-c4c(C)ccnc4C(C)C)c3=O)N2CC1C.C=CC(=O)N1CC2COc3c(c4cc(Cl)c(-c5c(C)ccc6[nH]cnc56)nc4n(-c4c(C)ccnc4C(C)C)c3=O)N2CC1C.C=CC(=O)N1CC2Cc3c(c4cc(F)c(-c5c(C)ccc6[nH]c(=O)n(C)c56)c(F)c4n(-c4c(C(C)C)ncnc4C(C)C)c3=O)N2CC1C. The zero-order valence-electron chi connectivity index (χ0n) is 80.6. The number of hydrogen-bond acceptors (Lipinski definition) is 20. The fraction of sp³-hybridized carbons (Fsp3) is 0.343. The first kappa shape index (κ1) is 93.5. The molecule has 0 bridgehead atoms. The second kappa shape index (κ2) is 35.8. The van der Waals surface area contributed by atoms with Gasteiger partial charge in [-0.2, -0.15) is 0 Å². The number of pyridine rings is 7. The van der Waals surface area contributed by atoms with Gasteiger partial charge < -0.3 is 54.4 Å². The van der Waals surface area contributed by atoms with Crippen LogP contribution in [0, 0.1) is 46.3 Å². The van der Waals surface area contributed by atoms with Gasteiger partial charge in [0.25, 0.3) is 11.1 Å². The summed E-state index contributed by atoms with van der Waals surface area (Å²) in [5, 5.41) is 6.00. The molecular formula is C105H108Cl2F2N22O8. The summed E-state index contributed by atoms with van der Waals surface area (Å²) in [4.78, 5) is 155. The Morgan fingerprint density at radius 3 is 1.44 bits per heavy atom. The number of anilines is 4. The van der Waals surface area contributed by atoms with Crippen LogP contribution in [0.3, 0.4) is 0 Å². The highest BCUT2D eigenvalue weighted by Gasteiger charge is 2.47.